The average Bonchev–Trinajstić information content (AvgIpc) is 2.66. The van der Waals surface area contributed by atoms with Crippen LogP contribution in [0.3, 0.4) is 0 Å². The number of piperazine rings is 1. The molecule has 1 fully saturated rings. The van der Waals surface area contributed by atoms with Gasteiger partial charge in [0, 0.05) is 38.8 Å². The summed E-state index contributed by atoms with van der Waals surface area (Å²) in [4.78, 5) is 7.11. The van der Waals surface area contributed by atoms with Gasteiger partial charge in [-0.1, -0.05) is 25.1 Å². The third-order valence-electron chi connectivity index (χ3n) is 4.80. The zero-order valence-corrected chi connectivity index (χ0v) is 20.5. The van der Waals surface area contributed by atoms with Crippen LogP contribution in [-0.2, 0) is 16.6 Å². The Labute approximate surface area is 187 Å². The van der Waals surface area contributed by atoms with E-state index in [1.165, 1.54) is 0 Å². The monoisotopic (exact) mass is 523 g/mol. The molecule has 2 rings (SSSR count). The smallest absolute Gasteiger partial charge is 0.243 e. The first-order valence-electron chi connectivity index (χ1n) is 9.69. The molecule has 1 aromatic carbocycles. The second-order valence-corrected chi connectivity index (χ2v) is 8.87. The highest BCUT2D eigenvalue weighted by molar-refractivity contribution is 14.0. The number of hydrogen-bond donors (Lipinski definition) is 2. The quantitative estimate of drug-likeness (QED) is 0.325. The van der Waals surface area contributed by atoms with Crippen molar-refractivity contribution in [1.82, 2.24) is 19.8 Å². The number of benzene rings is 1. The highest BCUT2D eigenvalue weighted by Gasteiger charge is 2.29. The van der Waals surface area contributed by atoms with Gasteiger partial charge in [-0.25, -0.2) is 13.4 Å². The number of nitrogens with zero attached hydrogens (tertiary/aromatic N) is 3. The minimum Gasteiger partial charge on any atom is -0.357 e. The Morgan fingerprint density at radius 2 is 1.82 bits per heavy atom. The predicted molar refractivity (Wildman–Crippen MR) is 126 cm³/mol. The van der Waals surface area contributed by atoms with E-state index in [0.29, 0.717) is 36.5 Å². The minimum absolute atomic E-state index is 0. The van der Waals surface area contributed by atoms with Gasteiger partial charge in [0.25, 0.3) is 0 Å². The van der Waals surface area contributed by atoms with Crippen molar-refractivity contribution in [3.05, 3.63) is 29.8 Å². The number of aliphatic imine (C=N–C) groups is 1. The molecule has 7 nitrogen and oxygen atoms in total. The van der Waals surface area contributed by atoms with Gasteiger partial charge in [0.2, 0.25) is 10.0 Å². The van der Waals surface area contributed by atoms with Crippen LogP contribution < -0.4 is 10.6 Å². The summed E-state index contributed by atoms with van der Waals surface area (Å²) in [6.45, 7) is 9.84. The lowest BCUT2D eigenvalue weighted by Gasteiger charge is -2.32. The SMILES string of the molecule is CCNC(=NCc1ccccc1S(=O)(=O)N1CCN(C)CC1)NC(C)CC.I. The maximum Gasteiger partial charge on any atom is 0.243 e. The summed E-state index contributed by atoms with van der Waals surface area (Å²) < 4.78 is 27.9. The Hall–Kier alpha value is -0.910. The van der Waals surface area contributed by atoms with Crippen molar-refractivity contribution >= 4 is 40.0 Å². The van der Waals surface area contributed by atoms with Crippen LogP contribution in [0.25, 0.3) is 0 Å². The highest BCUT2D eigenvalue weighted by atomic mass is 127. The molecule has 2 N–H and O–H groups in total. The fourth-order valence-corrected chi connectivity index (χ4v) is 4.51. The summed E-state index contributed by atoms with van der Waals surface area (Å²) in [5.41, 5.74) is 0.720. The molecule has 0 bridgehead atoms. The lowest BCUT2D eigenvalue weighted by molar-refractivity contribution is 0.222. The zero-order chi connectivity index (χ0) is 19.9. The fraction of sp³-hybridized carbons (Fsp3) is 0.632. The Morgan fingerprint density at radius 3 is 2.43 bits per heavy atom. The molecule has 160 valence electrons. The molecule has 1 aromatic rings. The first-order chi connectivity index (χ1) is 12.9. The van der Waals surface area contributed by atoms with Gasteiger partial charge >= 0.3 is 0 Å². The molecule has 9 heteroatoms. The molecule has 1 saturated heterocycles. The number of halogens is 1. The van der Waals surface area contributed by atoms with E-state index >= 15 is 0 Å². The third-order valence-corrected chi connectivity index (χ3v) is 6.80. The molecule has 0 saturated carbocycles. The van der Waals surface area contributed by atoms with Crippen molar-refractivity contribution in [1.29, 1.82) is 0 Å². The van der Waals surface area contributed by atoms with Gasteiger partial charge in [-0.3, -0.25) is 0 Å². The van der Waals surface area contributed by atoms with Crippen LogP contribution in [0, 0.1) is 0 Å². The fourth-order valence-electron chi connectivity index (χ4n) is 2.87. The maximum atomic E-state index is 13.1. The molecular formula is C19H34IN5O2S. The third kappa shape index (κ3) is 6.85. The number of likely N-dealkylation sites (N-methyl/N-ethyl adjacent to an activating group) is 1. The van der Waals surface area contributed by atoms with Crippen molar-refractivity contribution in [2.75, 3.05) is 39.8 Å². The van der Waals surface area contributed by atoms with E-state index < -0.39 is 10.0 Å². The Kier molecular flexibility index (Phi) is 10.7. The molecule has 1 heterocycles. The Balaban J connectivity index is 0.00000392. The van der Waals surface area contributed by atoms with Gasteiger partial charge < -0.3 is 15.5 Å². The standard InChI is InChI=1S/C19H33N5O2S.HI/c1-5-16(3)22-19(20-6-2)21-15-17-9-7-8-10-18(17)27(25,26)24-13-11-23(4)12-14-24;/h7-10,16H,5-6,11-15H2,1-4H3,(H2,20,21,22);1H. The van der Waals surface area contributed by atoms with Crippen molar-refractivity contribution < 1.29 is 8.42 Å². The van der Waals surface area contributed by atoms with Crippen molar-refractivity contribution in [3.8, 4) is 0 Å². The Bertz CT molecular complexity index is 734. The van der Waals surface area contributed by atoms with Crippen molar-refractivity contribution in [2.45, 2.75) is 44.7 Å². The first-order valence-corrected chi connectivity index (χ1v) is 11.1. The van der Waals surface area contributed by atoms with Gasteiger partial charge in [-0.2, -0.15) is 4.31 Å². The summed E-state index contributed by atoms with van der Waals surface area (Å²) in [6, 6.07) is 7.47. The first kappa shape index (κ1) is 25.1. The van der Waals surface area contributed by atoms with E-state index in [1.807, 2.05) is 26.1 Å². The number of rotatable bonds is 7. The Morgan fingerprint density at radius 1 is 1.18 bits per heavy atom. The predicted octanol–water partition coefficient (Wildman–Crippen LogP) is 2.09. The summed E-state index contributed by atoms with van der Waals surface area (Å²) in [5.74, 6) is 0.707. The molecule has 1 unspecified atom stereocenters. The highest BCUT2D eigenvalue weighted by Crippen LogP contribution is 2.22. The molecule has 28 heavy (non-hydrogen) atoms. The maximum absolute atomic E-state index is 13.1. The van der Waals surface area contributed by atoms with Crippen LogP contribution in [0.2, 0.25) is 0 Å². The van der Waals surface area contributed by atoms with Gasteiger partial charge in [0.1, 0.15) is 0 Å². The molecule has 0 spiro atoms. The number of guanidine groups is 1. The summed E-state index contributed by atoms with van der Waals surface area (Å²) in [6.07, 6.45) is 0.985. The van der Waals surface area contributed by atoms with E-state index in [-0.39, 0.29) is 24.0 Å². The summed E-state index contributed by atoms with van der Waals surface area (Å²) in [7, 11) is -1.49. The van der Waals surface area contributed by atoms with Crippen LogP contribution in [0.1, 0.15) is 32.8 Å². The summed E-state index contributed by atoms with van der Waals surface area (Å²) >= 11 is 0. The van der Waals surface area contributed by atoms with E-state index in [9.17, 15) is 8.42 Å². The normalized spacial score (nSPS) is 17.6. The summed E-state index contributed by atoms with van der Waals surface area (Å²) in [5, 5.41) is 6.56. The lowest BCUT2D eigenvalue weighted by Crippen LogP contribution is -2.47. The molecular weight excluding hydrogens is 489 g/mol. The minimum atomic E-state index is -3.51. The van der Waals surface area contributed by atoms with Crippen LogP contribution in [0.4, 0.5) is 0 Å². The van der Waals surface area contributed by atoms with Crippen LogP contribution in [0.15, 0.2) is 34.2 Å². The molecule has 1 atom stereocenters. The van der Waals surface area contributed by atoms with Crippen LogP contribution >= 0.6 is 24.0 Å². The second kappa shape index (κ2) is 11.9. The van der Waals surface area contributed by atoms with E-state index in [1.54, 1.807) is 16.4 Å². The molecule has 0 aromatic heterocycles. The molecule has 0 radical (unpaired) electrons. The lowest BCUT2D eigenvalue weighted by atomic mass is 10.2. The van der Waals surface area contributed by atoms with Gasteiger partial charge in [-0.05, 0) is 38.9 Å². The van der Waals surface area contributed by atoms with Crippen LogP contribution in [-0.4, -0.2) is 69.4 Å². The molecule has 0 amide bonds. The van der Waals surface area contributed by atoms with Crippen molar-refractivity contribution in [2.24, 2.45) is 4.99 Å². The molecule has 1 aliphatic heterocycles. The average molecular weight is 523 g/mol. The van der Waals surface area contributed by atoms with Crippen molar-refractivity contribution in [3.63, 3.8) is 0 Å². The van der Waals surface area contributed by atoms with E-state index in [0.717, 1.165) is 31.6 Å². The van der Waals surface area contributed by atoms with Gasteiger partial charge in [-0.15, -0.1) is 24.0 Å². The van der Waals surface area contributed by atoms with Gasteiger partial charge in [0.05, 0.1) is 11.4 Å². The topological polar surface area (TPSA) is 77.0 Å². The second-order valence-electron chi connectivity index (χ2n) is 6.96. The van der Waals surface area contributed by atoms with E-state index in [4.69, 9.17) is 0 Å². The number of sulfonamides is 1. The molecule has 1 aliphatic rings. The number of hydrogen-bond acceptors (Lipinski definition) is 4. The van der Waals surface area contributed by atoms with Crippen LogP contribution in [0.5, 0.6) is 0 Å². The van der Waals surface area contributed by atoms with E-state index in [2.05, 4.69) is 34.4 Å². The zero-order valence-electron chi connectivity index (χ0n) is 17.3. The number of nitrogens with one attached hydrogen (secondary N) is 2. The van der Waals surface area contributed by atoms with Gasteiger partial charge in [0.15, 0.2) is 5.96 Å². The molecule has 0 aliphatic carbocycles. The largest absolute Gasteiger partial charge is 0.357 e.